The molecule has 2 aromatic heterocycles. The average molecular weight is 492 g/mol. The third-order valence-corrected chi connectivity index (χ3v) is 7.58. The van der Waals surface area contributed by atoms with Gasteiger partial charge in [0.25, 0.3) is 22.6 Å². The fourth-order valence-corrected chi connectivity index (χ4v) is 5.11. The molecule has 0 unspecified atom stereocenters. The van der Waals surface area contributed by atoms with Gasteiger partial charge >= 0.3 is 0 Å². The number of alkyl halides is 4. The Labute approximate surface area is 188 Å². The predicted octanol–water partition coefficient (Wildman–Crippen LogP) is 2.90. The van der Waals surface area contributed by atoms with Gasteiger partial charge in [0.05, 0.1) is 6.04 Å². The molecule has 0 radical (unpaired) electrons. The standard InChI is InChI=1S/C19H25F4N7O2S/c1-24-33(31,32)30-7-4-12(5-8-30)26-18-25-10-11-9-13(16(20)21)27-17(15(11)29-18)28-14-3-2-6-19(14,22)23/h9-10,12,14,16,24H,2-8H2,1H3,(H,27,28)(H,25,26,29)/t14-/m1/s1. The molecule has 2 fully saturated rings. The first kappa shape index (κ1) is 23.8. The SMILES string of the molecule is CNS(=O)(=O)N1CCC(Nc2ncc3cc(C(F)F)nc(N[C@@H]4CCCC4(F)F)c3n2)CC1. The molecule has 4 rings (SSSR count). The highest BCUT2D eigenvalue weighted by Crippen LogP contribution is 2.38. The van der Waals surface area contributed by atoms with Gasteiger partial charge < -0.3 is 10.6 Å². The summed E-state index contributed by atoms with van der Waals surface area (Å²) in [4.78, 5) is 12.4. The van der Waals surface area contributed by atoms with Crippen molar-refractivity contribution in [3.63, 3.8) is 0 Å². The Morgan fingerprint density at radius 2 is 1.88 bits per heavy atom. The maximum Gasteiger partial charge on any atom is 0.280 e. The van der Waals surface area contributed by atoms with Crippen molar-refractivity contribution >= 4 is 32.9 Å². The summed E-state index contributed by atoms with van der Waals surface area (Å²) >= 11 is 0. The Kier molecular flexibility index (Phi) is 6.60. The number of nitrogens with zero attached hydrogens (tertiary/aromatic N) is 4. The van der Waals surface area contributed by atoms with Crippen LogP contribution in [0.1, 0.15) is 44.2 Å². The van der Waals surface area contributed by atoms with Gasteiger partial charge in [-0.05, 0) is 31.7 Å². The molecule has 0 aromatic carbocycles. The molecule has 1 aliphatic heterocycles. The molecule has 2 aliphatic rings. The quantitative estimate of drug-likeness (QED) is 0.511. The molecule has 9 nitrogen and oxygen atoms in total. The van der Waals surface area contributed by atoms with Crippen molar-refractivity contribution in [3.8, 4) is 0 Å². The molecule has 14 heteroatoms. The number of anilines is 2. The monoisotopic (exact) mass is 491 g/mol. The van der Waals surface area contributed by atoms with Gasteiger partial charge in [0.1, 0.15) is 11.2 Å². The Bertz CT molecular complexity index is 1110. The molecule has 1 aliphatic carbocycles. The normalized spacial score (nSPS) is 22.2. The van der Waals surface area contributed by atoms with E-state index in [2.05, 4.69) is 30.3 Å². The second-order valence-electron chi connectivity index (χ2n) is 8.20. The number of pyridine rings is 1. The van der Waals surface area contributed by atoms with Crippen LogP contribution in [0.25, 0.3) is 10.9 Å². The number of hydrogen-bond donors (Lipinski definition) is 3. The largest absolute Gasteiger partial charge is 0.359 e. The third-order valence-electron chi connectivity index (χ3n) is 6.02. The molecule has 33 heavy (non-hydrogen) atoms. The minimum absolute atomic E-state index is 0.116. The predicted molar refractivity (Wildman–Crippen MR) is 115 cm³/mol. The van der Waals surface area contributed by atoms with Crippen LogP contribution in [0.5, 0.6) is 0 Å². The highest BCUT2D eigenvalue weighted by molar-refractivity contribution is 7.87. The van der Waals surface area contributed by atoms with E-state index in [9.17, 15) is 26.0 Å². The van der Waals surface area contributed by atoms with E-state index in [0.29, 0.717) is 32.4 Å². The fraction of sp³-hybridized carbons (Fsp3) is 0.632. The van der Waals surface area contributed by atoms with Gasteiger partial charge in [-0.1, -0.05) is 0 Å². The van der Waals surface area contributed by atoms with Crippen molar-refractivity contribution in [2.75, 3.05) is 30.8 Å². The molecule has 0 spiro atoms. The molecule has 3 heterocycles. The smallest absolute Gasteiger partial charge is 0.280 e. The maximum atomic E-state index is 14.1. The van der Waals surface area contributed by atoms with Crippen molar-refractivity contribution in [2.45, 2.75) is 56.5 Å². The van der Waals surface area contributed by atoms with Crippen molar-refractivity contribution in [1.29, 1.82) is 0 Å². The lowest BCUT2D eigenvalue weighted by molar-refractivity contribution is -0.000663. The molecule has 3 N–H and O–H groups in total. The highest BCUT2D eigenvalue weighted by Gasteiger charge is 2.44. The summed E-state index contributed by atoms with van der Waals surface area (Å²) < 4.78 is 82.4. The van der Waals surface area contributed by atoms with Crippen LogP contribution in [0.15, 0.2) is 12.3 Å². The van der Waals surface area contributed by atoms with Crippen molar-refractivity contribution < 1.29 is 26.0 Å². The van der Waals surface area contributed by atoms with Crippen molar-refractivity contribution in [1.82, 2.24) is 24.0 Å². The maximum absolute atomic E-state index is 14.1. The fourth-order valence-electron chi connectivity index (χ4n) is 4.16. The first-order valence-corrected chi connectivity index (χ1v) is 12.1. The molecule has 0 amide bonds. The van der Waals surface area contributed by atoms with Crippen LogP contribution in [0.4, 0.5) is 29.3 Å². The summed E-state index contributed by atoms with van der Waals surface area (Å²) in [6.45, 7) is 0.606. The molecule has 1 atom stereocenters. The van der Waals surface area contributed by atoms with Crippen LogP contribution in [0.3, 0.4) is 0 Å². The van der Waals surface area contributed by atoms with E-state index in [4.69, 9.17) is 0 Å². The van der Waals surface area contributed by atoms with E-state index < -0.39 is 34.3 Å². The number of piperidine rings is 1. The molecule has 1 saturated carbocycles. The second kappa shape index (κ2) is 9.14. The average Bonchev–Trinajstić information content (AvgIpc) is 3.11. The van der Waals surface area contributed by atoms with Gasteiger partial charge in [-0.3, -0.25) is 0 Å². The van der Waals surface area contributed by atoms with Crippen LogP contribution < -0.4 is 15.4 Å². The Hall–Kier alpha value is -2.32. The minimum Gasteiger partial charge on any atom is -0.359 e. The number of rotatable bonds is 7. The van der Waals surface area contributed by atoms with Crippen molar-refractivity contribution in [3.05, 3.63) is 18.0 Å². The third kappa shape index (κ3) is 5.11. The van der Waals surface area contributed by atoms with Crippen LogP contribution in [0, 0.1) is 0 Å². The van der Waals surface area contributed by atoms with E-state index in [0.717, 1.165) is 6.07 Å². The molecular weight excluding hydrogens is 466 g/mol. The van der Waals surface area contributed by atoms with E-state index in [1.54, 1.807) is 0 Å². The number of nitrogens with one attached hydrogen (secondary N) is 3. The summed E-state index contributed by atoms with van der Waals surface area (Å²) in [7, 11) is -2.15. The number of aromatic nitrogens is 3. The van der Waals surface area contributed by atoms with Gasteiger partial charge in [-0.2, -0.15) is 12.7 Å². The van der Waals surface area contributed by atoms with E-state index in [1.165, 1.54) is 17.5 Å². The lowest BCUT2D eigenvalue weighted by Gasteiger charge is -2.31. The van der Waals surface area contributed by atoms with E-state index in [1.807, 2.05) is 0 Å². The molecular formula is C19H25F4N7O2S. The Balaban J connectivity index is 1.57. The van der Waals surface area contributed by atoms with Gasteiger partial charge in [-0.15, -0.1) is 0 Å². The number of halogens is 4. The first-order valence-electron chi connectivity index (χ1n) is 10.6. The lowest BCUT2D eigenvalue weighted by atomic mass is 10.1. The molecule has 1 saturated heterocycles. The van der Waals surface area contributed by atoms with Crippen LogP contribution in [-0.2, 0) is 10.2 Å². The zero-order chi connectivity index (χ0) is 23.8. The molecule has 2 aromatic rings. The van der Waals surface area contributed by atoms with Crippen LogP contribution in [-0.4, -0.2) is 65.8 Å². The van der Waals surface area contributed by atoms with Crippen LogP contribution in [0.2, 0.25) is 0 Å². The van der Waals surface area contributed by atoms with E-state index in [-0.39, 0.29) is 41.6 Å². The summed E-state index contributed by atoms with van der Waals surface area (Å²) in [6, 6.07) is -0.191. The van der Waals surface area contributed by atoms with Gasteiger partial charge in [0.15, 0.2) is 5.82 Å². The minimum atomic E-state index is -3.50. The Morgan fingerprint density at radius 1 is 1.15 bits per heavy atom. The van der Waals surface area contributed by atoms with Crippen LogP contribution >= 0.6 is 0 Å². The summed E-state index contributed by atoms with van der Waals surface area (Å²) in [5.74, 6) is -2.91. The Morgan fingerprint density at radius 3 is 2.48 bits per heavy atom. The first-order chi connectivity index (χ1) is 15.6. The van der Waals surface area contributed by atoms with Gasteiger partial charge in [0.2, 0.25) is 5.95 Å². The van der Waals surface area contributed by atoms with E-state index >= 15 is 0 Å². The summed E-state index contributed by atoms with van der Waals surface area (Å²) in [5, 5.41) is 6.01. The van der Waals surface area contributed by atoms with Gasteiger partial charge in [0, 0.05) is 44.2 Å². The number of hydrogen-bond acceptors (Lipinski definition) is 7. The lowest BCUT2D eigenvalue weighted by Crippen LogP contribution is -2.46. The van der Waals surface area contributed by atoms with Crippen molar-refractivity contribution in [2.24, 2.45) is 0 Å². The number of fused-ring (bicyclic) bond motifs is 1. The topological polar surface area (TPSA) is 112 Å². The molecule has 182 valence electrons. The zero-order valence-electron chi connectivity index (χ0n) is 17.9. The zero-order valence-corrected chi connectivity index (χ0v) is 18.7. The molecule has 0 bridgehead atoms. The summed E-state index contributed by atoms with van der Waals surface area (Å²) in [6.07, 6.45) is -0.289. The second-order valence-corrected chi connectivity index (χ2v) is 10.1. The summed E-state index contributed by atoms with van der Waals surface area (Å²) in [5.41, 5.74) is -0.386. The van der Waals surface area contributed by atoms with Gasteiger partial charge in [-0.25, -0.2) is 37.2 Å². The highest BCUT2D eigenvalue weighted by atomic mass is 32.2.